The zero-order valence-electron chi connectivity index (χ0n) is 14.6. The second-order valence-electron chi connectivity index (χ2n) is 6.19. The lowest BCUT2D eigenvalue weighted by Gasteiger charge is -2.30. The Labute approximate surface area is 151 Å². The number of hydrogen-bond acceptors (Lipinski definition) is 5. The number of piperidine rings is 1. The number of benzene rings is 2. The third-order valence-corrected chi connectivity index (χ3v) is 4.49. The van der Waals surface area contributed by atoms with Crippen molar-refractivity contribution in [1.29, 1.82) is 0 Å². The fourth-order valence-electron chi connectivity index (χ4n) is 3.09. The molecule has 0 atom stereocenters. The molecule has 1 N–H and O–H groups in total. The van der Waals surface area contributed by atoms with Crippen molar-refractivity contribution in [3.05, 3.63) is 58.1 Å². The number of nitrogens with one attached hydrogen (secondary N) is 1. The van der Waals surface area contributed by atoms with Gasteiger partial charge in [-0.2, -0.15) is 0 Å². The smallest absolute Gasteiger partial charge is 0.271 e. The van der Waals surface area contributed by atoms with Gasteiger partial charge in [-0.25, -0.2) is 0 Å². The van der Waals surface area contributed by atoms with Crippen LogP contribution in [0.2, 0.25) is 0 Å². The third-order valence-electron chi connectivity index (χ3n) is 4.49. The molecule has 136 valence electrons. The number of non-ortho nitro benzene ring substituents is 1. The van der Waals surface area contributed by atoms with Gasteiger partial charge in [-0.15, -0.1) is 0 Å². The Bertz CT molecular complexity index is 799. The Morgan fingerprint density at radius 1 is 1.12 bits per heavy atom. The van der Waals surface area contributed by atoms with Crippen molar-refractivity contribution in [1.82, 2.24) is 0 Å². The maximum absolute atomic E-state index is 12.6. The molecule has 1 saturated heterocycles. The molecule has 0 aromatic heterocycles. The molecule has 0 unspecified atom stereocenters. The lowest BCUT2D eigenvalue weighted by atomic mass is 10.1. The molecular weight excluding hydrogens is 334 g/mol. The van der Waals surface area contributed by atoms with Crippen LogP contribution >= 0.6 is 0 Å². The Morgan fingerprint density at radius 2 is 1.81 bits per heavy atom. The number of amides is 1. The molecule has 1 aliphatic rings. The first kappa shape index (κ1) is 17.7. The minimum atomic E-state index is -0.455. The summed E-state index contributed by atoms with van der Waals surface area (Å²) in [4.78, 5) is 25.4. The zero-order valence-corrected chi connectivity index (χ0v) is 14.6. The second kappa shape index (κ2) is 7.86. The highest BCUT2D eigenvalue weighted by molar-refractivity contribution is 6.06. The van der Waals surface area contributed by atoms with Crippen LogP contribution < -0.4 is 15.0 Å². The highest BCUT2D eigenvalue weighted by Crippen LogP contribution is 2.32. The van der Waals surface area contributed by atoms with Crippen molar-refractivity contribution in [2.45, 2.75) is 19.3 Å². The number of carbonyl (C=O) groups excluding carboxylic acids is 1. The van der Waals surface area contributed by atoms with Crippen LogP contribution in [0.4, 0.5) is 17.1 Å². The maximum atomic E-state index is 12.6. The summed E-state index contributed by atoms with van der Waals surface area (Å²) in [6.45, 7) is 1.76. The van der Waals surface area contributed by atoms with Gasteiger partial charge in [0.2, 0.25) is 0 Å². The van der Waals surface area contributed by atoms with Gasteiger partial charge < -0.3 is 15.0 Å². The molecule has 7 nitrogen and oxygen atoms in total. The number of nitro groups is 1. The standard InChI is InChI=1S/C19H21N3O4/c1-26-16-8-5-14(6-9-16)19(23)20-17-13-15(22(24)25)7-10-18(17)21-11-3-2-4-12-21/h5-10,13H,2-4,11-12H2,1H3,(H,20,23). The fourth-order valence-corrected chi connectivity index (χ4v) is 3.09. The normalized spacial score (nSPS) is 14.0. The van der Waals surface area contributed by atoms with Crippen LogP contribution in [0.1, 0.15) is 29.6 Å². The van der Waals surface area contributed by atoms with Gasteiger partial charge in [0.1, 0.15) is 5.75 Å². The van der Waals surface area contributed by atoms with Crippen LogP contribution in [-0.4, -0.2) is 31.0 Å². The van der Waals surface area contributed by atoms with E-state index in [0.717, 1.165) is 31.6 Å². The van der Waals surface area contributed by atoms with Crippen LogP contribution in [-0.2, 0) is 0 Å². The highest BCUT2D eigenvalue weighted by atomic mass is 16.6. The van der Waals surface area contributed by atoms with Crippen LogP contribution in [0, 0.1) is 10.1 Å². The molecule has 0 saturated carbocycles. The molecule has 2 aromatic carbocycles. The molecular formula is C19H21N3O4. The molecule has 7 heteroatoms. The summed E-state index contributed by atoms with van der Waals surface area (Å²) in [5.74, 6) is 0.345. The number of anilines is 2. The summed E-state index contributed by atoms with van der Waals surface area (Å²) in [7, 11) is 1.56. The van der Waals surface area contributed by atoms with E-state index in [-0.39, 0.29) is 11.6 Å². The van der Waals surface area contributed by atoms with Crippen LogP contribution in [0.15, 0.2) is 42.5 Å². The van der Waals surface area contributed by atoms with Crippen LogP contribution in [0.5, 0.6) is 5.75 Å². The van der Waals surface area contributed by atoms with Gasteiger partial charge in [-0.3, -0.25) is 14.9 Å². The Morgan fingerprint density at radius 3 is 2.42 bits per heavy atom. The van der Waals surface area contributed by atoms with E-state index in [2.05, 4.69) is 10.2 Å². The number of nitro benzene ring substituents is 1. The first-order valence-electron chi connectivity index (χ1n) is 8.57. The molecule has 26 heavy (non-hydrogen) atoms. The first-order chi connectivity index (χ1) is 12.6. The predicted molar refractivity (Wildman–Crippen MR) is 100 cm³/mol. The monoisotopic (exact) mass is 355 g/mol. The van der Waals surface area contributed by atoms with E-state index in [1.54, 1.807) is 37.4 Å². The van der Waals surface area contributed by atoms with Gasteiger partial charge in [-0.1, -0.05) is 0 Å². The molecule has 0 aliphatic carbocycles. The molecule has 2 aromatic rings. The molecule has 1 heterocycles. The molecule has 1 fully saturated rings. The lowest BCUT2D eigenvalue weighted by Crippen LogP contribution is -2.30. The van der Waals surface area contributed by atoms with Crippen molar-refractivity contribution >= 4 is 23.0 Å². The minimum absolute atomic E-state index is 0.0456. The van der Waals surface area contributed by atoms with Gasteiger partial charge in [-0.05, 0) is 49.6 Å². The second-order valence-corrected chi connectivity index (χ2v) is 6.19. The summed E-state index contributed by atoms with van der Waals surface area (Å²) in [5.41, 5.74) is 1.69. The van der Waals surface area contributed by atoms with Crippen molar-refractivity contribution in [2.24, 2.45) is 0 Å². The zero-order chi connectivity index (χ0) is 18.5. The predicted octanol–water partition coefficient (Wildman–Crippen LogP) is 3.85. The van der Waals surface area contributed by atoms with Gasteiger partial charge in [0.05, 0.1) is 23.4 Å². The molecule has 0 radical (unpaired) electrons. The maximum Gasteiger partial charge on any atom is 0.271 e. The van der Waals surface area contributed by atoms with E-state index >= 15 is 0 Å². The fraction of sp³-hybridized carbons (Fsp3) is 0.316. The molecule has 1 aliphatic heterocycles. The van der Waals surface area contributed by atoms with Crippen molar-refractivity contribution in [3.63, 3.8) is 0 Å². The first-order valence-corrected chi connectivity index (χ1v) is 8.57. The van der Waals surface area contributed by atoms with E-state index in [9.17, 15) is 14.9 Å². The topological polar surface area (TPSA) is 84.7 Å². The van der Waals surface area contributed by atoms with Crippen molar-refractivity contribution in [2.75, 3.05) is 30.4 Å². The Kier molecular flexibility index (Phi) is 5.36. The van der Waals surface area contributed by atoms with Gasteiger partial charge >= 0.3 is 0 Å². The number of methoxy groups -OCH3 is 1. The quantitative estimate of drug-likeness (QED) is 0.650. The third kappa shape index (κ3) is 3.93. The summed E-state index contributed by atoms with van der Waals surface area (Å²) in [6, 6.07) is 11.3. The number of rotatable bonds is 5. The summed E-state index contributed by atoms with van der Waals surface area (Å²) < 4.78 is 5.09. The van der Waals surface area contributed by atoms with Crippen molar-refractivity contribution < 1.29 is 14.5 Å². The number of ether oxygens (including phenoxy) is 1. The van der Waals surface area contributed by atoms with Crippen LogP contribution in [0.25, 0.3) is 0 Å². The van der Waals surface area contributed by atoms with Gasteiger partial charge in [0.15, 0.2) is 0 Å². The number of carbonyl (C=O) groups is 1. The minimum Gasteiger partial charge on any atom is -0.497 e. The SMILES string of the molecule is COc1ccc(C(=O)Nc2cc([N+](=O)[O-])ccc2N2CCCCC2)cc1. The Hall–Kier alpha value is -3.09. The van der Waals surface area contributed by atoms with Crippen LogP contribution in [0.3, 0.4) is 0 Å². The molecule has 0 spiro atoms. The average Bonchev–Trinajstić information content (AvgIpc) is 2.68. The van der Waals surface area contributed by atoms with E-state index in [1.165, 1.54) is 18.6 Å². The average molecular weight is 355 g/mol. The number of nitrogens with zero attached hydrogens (tertiary/aromatic N) is 2. The largest absolute Gasteiger partial charge is 0.497 e. The van der Waals surface area contributed by atoms with Gasteiger partial charge in [0, 0.05) is 30.8 Å². The lowest BCUT2D eigenvalue weighted by molar-refractivity contribution is -0.384. The summed E-state index contributed by atoms with van der Waals surface area (Å²) in [6.07, 6.45) is 3.32. The molecule has 1 amide bonds. The number of hydrogen-bond donors (Lipinski definition) is 1. The molecule has 3 rings (SSSR count). The van der Waals surface area contributed by atoms with Gasteiger partial charge in [0.25, 0.3) is 11.6 Å². The summed E-state index contributed by atoms with van der Waals surface area (Å²) in [5, 5.41) is 14.0. The van der Waals surface area contributed by atoms with E-state index in [4.69, 9.17) is 4.74 Å². The highest BCUT2D eigenvalue weighted by Gasteiger charge is 2.19. The molecule has 0 bridgehead atoms. The van der Waals surface area contributed by atoms with E-state index < -0.39 is 4.92 Å². The van der Waals surface area contributed by atoms with Crippen molar-refractivity contribution in [3.8, 4) is 5.75 Å². The Balaban J connectivity index is 1.88. The van der Waals surface area contributed by atoms with E-state index in [1.807, 2.05) is 0 Å². The summed E-state index contributed by atoms with van der Waals surface area (Å²) >= 11 is 0. The van der Waals surface area contributed by atoms with E-state index in [0.29, 0.717) is 17.0 Å².